The van der Waals surface area contributed by atoms with Crippen LogP contribution in [0, 0.1) is 11.8 Å². The average molecular weight is 335 g/mol. The first-order valence-corrected chi connectivity index (χ1v) is 7.90. The van der Waals surface area contributed by atoms with Gasteiger partial charge in [-0.15, -0.1) is 0 Å². The van der Waals surface area contributed by atoms with Crippen LogP contribution in [-0.2, 0) is 9.53 Å². The highest BCUT2D eigenvalue weighted by Crippen LogP contribution is 2.18. The zero-order valence-corrected chi connectivity index (χ0v) is 14.9. The van der Waals surface area contributed by atoms with E-state index in [0.717, 1.165) is 5.56 Å². The summed E-state index contributed by atoms with van der Waals surface area (Å²) >= 11 is 0. The molecule has 0 saturated heterocycles. The second-order valence-electron chi connectivity index (χ2n) is 6.28. The topological polar surface area (TPSA) is 47.9 Å². The average Bonchev–Trinajstić information content (AvgIpc) is 2.58. The molecule has 0 aliphatic heterocycles. The van der Waals surface area contributed by atoms with E-state index in [4.69, 9.17) is 9.47 Å². The van der Waals surface area contributed by atoms with E-state index in [-0.39, 0.29) is 5.71 Å². The zero-order valence-electron chi connectivity index (χ0n) is 14.9. The highest BCUT2D eigenvalue weighted by molar-refractivity contribution is 6.44. The molecule has 128 valence electrons. The van der Waals surface area contributed by atoms with Crippen LogP contribution in [0.2, 0.25) is 0 Å². The Labute approximate surface area is 148 Å². The fraction of sp³-hybridized carbons (Fsp3) is 0.238. The number of rotatable bonds is 3. The molecule has 0 N–H and O–H groups in total. The van der Waals surface area contributed by atoms with E-state index in [0.29, 0.717) is 11.4 Å². The van der Waals surface area contributed by atoms with Gasteiger partial charge in [0.1, 0.15) is 11.4 Å². The molecule has 0 aromatic heterocycles. The molecule has 0 fully saturated rings. The molecule has 2 aromatic rings. The minimum atomic E-state index is -0.619. The van der Waals surface area contributed by atoms with Gasteiger partial charge in [0.15, 0.2) is 5.71 Å². The summed E-state index contributed by atoms with van der Waals surface area (Å²) in [5, 5.41) is 0. The van der Waals surface area contributed by atoms with Crippen molar-refractivity contribution in [2.45, 2.75) is 26.4 Å². The molecule has 0 bridgehead atoms. The van der Waals surface area contributed by atoms with Crippen LogP contribution in [0.1, 0.15) is 26.3 Å². The SMILES string of the molecule is COc1ccc(N=C(C#Cc2ccccc2)C(=O)OC(C)(C)C)cc1. The number of esters is 1. The van der Waals surface area contributed by atoms with Gasteiger partial charge in [0.05, 0.1) is 12.8 Å². The van der Waals surface area contributed by atoms with Crippen molar-refractivity contribution in [3.63, 3.8) is 0 Å². The van der Waals surface area contributed by atoms with Gasteiger partial charge in [0.25, 0.3) is 0 Å². The number of hydrogen-bond acceptors (Lipinski definition) is 4. The number of aliphatic imine (C=N–C) groups is 1. The number of benzene rings is 2. The third-order valence-corrected chi connectivity index (χ3v) is 3.00. The van der Waals surface area contributed by atoms with Gasteiger partial charge >= 0.3 is 5.97 Å². The summed E-state index contributed by atoms with van der Waals surface area (Å²) in [4.78, 5) is 16.8. The van der Waals surface area contributed by atoms with E-state index < -0.39 is 11.6 Å². The van der Waals surface area contributed by atoms with Crippen molar-refractivity contribution in [3.05, 3.63) is 60.2 Å². The summed E-state index contributed by atoms with van der Waals surface area (Å²) < 4.78 is 10.5. The van der Waals surface area contributed by atoms with Crippen molar-refractivity contribution in [2.24, 2.45) is 4.99 Å². The highest BCUT2D eigenvalue weighted by Gasteiger charge is 2.20. The largest absolute Gasteiger partial charge is 0.497 e. The molecule has 0 aliphatic rings. The molecule has 0 aliphatic carbocycles. The molecule has 0 heterocycles. The quantitative estimate of drug-likeness (QED) is 0.481. The van der Waals surface area contributed by atoms with E-state index in [9.17, 15) is 4.79 Å². The second kappa shape index (κ2) is 8.16. The molecular formula is C21H21NO3. The Bertz CT molecular complexity index is 804. The van der Waals surface area contributed by atoms with Gasteiger partial charge in [-0.05, 0) is 63.1 Å². The van der Waals surface area contributed by atoms with Crippen LogP contribution in [0.3, 0.4) is 0 Å². The summed E-state index contributed by atoms with van der Waals surface area (Å²) in [5.41, 5.74) is 0.841. The van der Waals surface area contributed by atoms with Crippen LogP contribution in [0.15, 0.2) is 59.6 Å². The minimum Gasteiger partial charge on any atom is -0.497 e. The standard InChI is InChI=1S/C21H21NO3/c1-21(2,3)25-20(23)19(15-10-16-8-6-5-7-9-16)22-17-11-13-18(24-4)14-12-17/h5-9,11-14H,1-4H3. The Morgan fingerprint density at radius 3 is 2.20 bits per heavy atom. The number of ether oxygens (including phenoxy) is 2. The Balaban J connectivity index is 2.35. The van der Waals surface area contributed by atoms with Crippen LogP contribution < -0.4 is 4.74 Å². The Morgan fingerprint density at radius 2 is 1.64 bits per heavy atom. The van der Waals surface area contributed by atoms with Gasteiger partial charge in [-0.1, -0.05) is 24.1 Å². The number of hydrogen-bond donors (Lipinski definition) is 0. The molecule has 2 rings (SSSR count). The van der Waals surface area contributed by atoms with Crippen LogP contribution in [0.25, 0.3) is 0 Å². The molecule has 0 saturated carbocycles. The first kappa shape index (κ1) is 18.3. The first-order chi connectivity index (χ1) is 11.9. The number of nitrogens with zero attached hydrogens (tertiary/aromatic N) is 1. The predicted octanol–water partition coefficient (Wildman–Crippen LogP) is 4.16. The van der Waals surface area contributed by atoms with Crippen LogP contribution in [-0.4, -0.2) is 24.4 Å². The van der Waals surface area contributed by atoms with Gasteiger partial charge < -0.3 is 9.47 Å². The third kappa shape index (κ3) is 6.15. The van der Waals surface area contributed by atoms with Crippen molar-refractivity contribution in [1.29, 1.82) is 0 Å². The molecule has 4 heteroatoms. The maximum Gasteiger partial charge on any atom is 0.366 e. The van der Waals surface area contributed by atoms with Crippen molar-refractivity contribution < 1.29 is 14.3 Å². The van der Waals surface area contributed by atoms with Gasteiger partial charge in [-0.25, -0.2) is 9.79 Å². The third-order valence-electron chi connectivity index (χ3n) is 3.00. The smallest absolute Gasteiger partial charge is 0.366 e. The molecule has 4 nitrogen and oxygen atoms in total. The van der Waals surface area contributed by atoms with Crippen LogP contribution in [0.4, 0.5) is 5.69 Å². The highest BCUT2D eigenvalue weighted by atomic mass is 16.6. The summed E-state index contributed by atoms with van der Waals surface area (Å²) in [5.74, 6) is 5.94. The zero-order chi connectivity index (χ0) is 18.3. The molecule has 0 spiro atoms. The maximum atomic E-state index is 12.4. The normalized spacial score (nSPS) is 11.3. The number of carbonyl (C=O) groups is 1. The van der Waals surface area contributed by atoms with E-state index in [1.54, 1.807) is 52.1 Å². The fourth-order valence-corrected chi connectivity index (χ4v) is 1.89. The predicted molar refractivity (Wildman–Crippen MR) is 99.3 cm³/mol. The van der Waals surface area contributed by atoms with E-state index in [2.05, 4.69) is 16.8 Å². The van der Waals surface area contributed by atoms with Gasteiger partial charge in [0.2, 0.25) is 0 Å². The summed E-state index contributed by atoms with van der Waals surface area (Å²) in [7, 11) is 1.59. The van der Waals surface area contributed by atoms with Crippen molar-refractivity contribution in [3.8, 4) is 17.6 Å². The van der Waals surface area contributed by atoms with Crippen molar-refractivity contribution >= 4 is 17.4 Å². The van der Waals surface area contributed by atoms with E-state index in [1.807, 2.05) is 30.3 Å². The van der Waals surface area contributed by atoms with Gasteiger partial charge in [-0.2, -0.15) is 0 Å². The monoisotopic (exact) mass is 335 g/mol. The molecule has 0 radical (unpaired) electrons. The van der Waals surface area contributed by atoms with Crippen LogP contribution >= 0.6 is 0 Å². The maximum absolute atomic E-state index is 12.4. The Hall–Kier alpha value is -3.06. The number of carbonyl (C=O) groups excluding carboxylic acids is 1. The second-order valence-corrected chi connectivity index (χ2v) is 6.28. The summed E-state index contributed by atoms with van der Waals surface area (Å²) in [6.45, 7) is 5.42. The van der Waals surface area contributed by atoms with E-state index in [1.165, 1.54) is 0 Å². The van der Waals surface area contributed by atoms with Gasteiger partial charge in [0, 0.05) is 5.56 Å². The van der Waals surface area contributed by atoms with E-state index >= 15 is 0 Å². The van der Waals surface area contributed by atoms with Crippen LogP contribution in [0.5, 0.6) is 5.75 Å². The lowest BCUT2D eigenvalue weighted by molar-refractivity contribution is -0.145. The summed E-state index contributed by atoms with van der Waals surface area (Å²) in [6, 6.07) is 16.5. The van der Waals surface area contributed by atoms with Gasteiger partial charge in [-0.3, -0.25) is 0 Å². The summed E-state index contributed by atoms with van der Waals surface area (Å²) in [6.07, 6.45) is 0. The van der Waals surface area contributed by atoms with Crippen molar-refractivity contribution in [2.75, 3.05) is 7.11 Å². The molecule has 25 heavy (non-hydrogen) atoms. The fourth-order valence-electron chi connectivity index (χ4n) is 1.89. The lowest BCUT2D eigenvalue weighted by atomic mass is 10.2. The molecule has 0 unspecified atom stereocenters. The number of methoxy groups -OCH3 is 1. The minimum absolute atomic E-state index is 0.0592. The molecular weight excluding hydrogens is 314 g/mol. The lowest BCUT2D eigenvalue weighted by Gasteiger charge is -2.18. The molecule has 0 amide bonds. The molecule has 0 atom stereocenters. The van der Waals surface area contributed by atoms with Crippen molar-refractivity contribution in [1.82, 2.24) is 0 Å². The Morgan fingerprint density at radius 1 is 1.00 bits per heavy atom. The first-order valence-electron chi connectivity index (χ1n) is 7.90. The lowest BCUT2D eigenvalue weighted by Crippen LogP contribution is -2.28. The molecule has 2 aromatic carbocycles. The Kier molecular flexibility index (Phi) is 5.97.